The van der Waals surface area contributed by atoms with E-state index in [0.717, 1.165) is 53.2 Å². The van der Waals surface area contributed by atoms with Crippen LogP contribution in [0.15, 0.2) is 53.6 Å². The van der Waals surface area contributed by atoms with Crippen LogP contribution in [0, 0.1) is 5.92 Å². The summed E-state index contributed by atoms with van der Waals surface area (Å²) in [6.45, 7) is 2.02. The van der Waals surface area contributed by atoms with Crippen molar-refractivity contribution >= 4 is 34.3 Å². The number of hydrogen-bond acceptors (Lipinski definition) is 4. The molecule has 0 radical (unpaired) electrons. The maximum absolute atomic E-state index is 12.5. The second-order valence-electron chi connectivity index (χ2n) is 6.93. The number of para-hydroxylation sites is 1. The number of aromatic nitrogens is 2. The van der Waals surface area contributed by atoms with Gasteiger partial charge >= 0.3 is 0 Å². The highest BCUT2D eigenvalue weighted by molar-refractivity contribution is 7.98. The molecule has 0 atom stereocenters. The molecule has 27 heavy (non-hydrogen) atoms. The molecule has 3 aromatic rings. The predicted molar refractivity (Wildman–Crippen MR) is 112 cm³/mol. The minimum Gasteiger partial charge on any atom is -0.326 e. The van der Waals surface area contributed by atoms with Crippen LogP contribution >= 0.6 is 11.8 Å². The Balaban J connectivity index is 1.60. The lowest BCUT2D eigenvalue weighted by Crippen LogP contribution is -2.30. The fourth-order valence-electron chi connectivity index (χ4n) is 3.64. The smallest absolute Gasteiger partial charge is 0.224 e. The van der Waals surface area contributed by atoms with Gasteiger partial charge in [-0.05, 0) is 68.4 Å². The molecule has 1 fully saturated rings. The first-order chi connectivity index (χ1) is 13.2. The summed E-state index contributed by atoms with van der Waals surface area (Å²) in [5.74, 6) is 0.574. The van der Waals surface area contributed by atoms with Gasteiger partial charge in [0.2, 0.25) is 5.91 Å². The van der Waals surface area contributed by atoms with E-state index in [9.17, 15) is 4.79 Å². The number of thioether (sulfide) groups is 1. The van der Waals surface area contributed by atoms with Crippen molar-refractivity contribution in [3.8, 4) is 5.69 Å². The van der Waals surface area contributed by atoms with Crippen molar-refractivity contribution in [2.75, 3.05) is 24.7 Å². The second kappa shape index (κ2) is 8.15. The lowest BCUT2D eigenvalue weighted by molar-refractivity contribution is -0.117. The van der Waals surface area contributed by atoms with Crippen molar-refractivity contribution in [2.24, 2.45) is 5.92 Å². The van der Waals surface area contributed by atoms with Crippen molar-refractivity contribution in [2.45, 2.75) is 24.3 Å². The Morgan fingerprint density at radius 2 is 2.00 bits per heavy atom. The van der Waals surface area contributed by atoms with Crippen LogP contribution in [0.5, 0.6) is 0 Å². The first-order valence-electron chi connectivity index (χ1n) is 9.37. The van der Waals surface area contributed by atoms with E-state index in [1.807, 2.05) is 59.5 Å². The topological polar surface area (TPSA) is 59.0 Å². The van der Waals surface area contributed by atoms with Crippen LogP contribution in [0.25, 0.3) is 16.6 Å². The Bertz CT molecular complexity index is 932. The van der Waals surface area contributed by atoms with Gasteiger partial charge in [-0.25, -0.2) is 4.68 Å². The molecule has 2 N–H and O–H groups in total. The second-order valence-corrected chi connectivity index (χ2v) is 7.73. The molecule has 1 saturated heterocycles. The zero-order chi connectivity index (χ0) is 18.6. The van der Waals surface area contributed by atoms with Crippen LogP contribution in [0.1, 0.15) is 19.3 Å². The van der Waals surface area contributed by atoms with Gasteiger partial charge in [-0.1, -0.05) is 18.2 Å². The van der Waals surface area contributed by atoms with Crippen molar-refractivity contribution < 1.29 is 4.79 Å². The molecular weight excluding hydrogens is 356 g/mol. The number of fused-ring (bicyclic) bond motifs is 1. The lowest BCUT2D eigenvalue weighted by Gasteiger charge is -2.21. The highest BCUT2D eigenvalue weighted by Gasteiger charge is 2.17. The molecule has 1 aromatic heterocycles. The molecule has 0 aliphatic carbocycles. The van der Waals surface area contributed by atoms with Gasteiger partial charge in [0.1, 0.15) is 5.03 Å². The standard InChI is InChI=1S/C21H24N4OS/c1-27-21-18-8-7-16(23-20(26)13-15-9-11-22-12-10-15)14-19(18)25(24-21)17-5-3-2-4-6-17/h2-8,14-15,22H,9-13H2,1H3,(H,23,26). The molecular formula is C21H24N4OS. The van der Waals surface area contributed by atoms with Crippen molar-refractivity contribution in [3.63, 3.8) is 0 Å². The summed E-state index contributed by atoms with van der Waals surface area (Å²) in [5.41, 5.74) is 2.84. The monoisotopic (exact) mass is 380 g/mol. The maximum atomic E-state index is 12.5. The number of hydrogen-bond donors (Lipinski definition) is 2. The number of carbonyl (C=O) groups is 1. The molecule has 4 rings (SSSR count). The quantitative estimate of drug-likeness (QED) is 0.655. The summed E-state index contributed by atoms with van der Waals surface area (Å²) in [5, 5.41) is 13.3. The number of amides is 1. The van der Waals surface area contributed by atoms with Crippen LogP contribution in [0.4, 0.5) is 5.69 Å². The Morgan fingerprint density at radius 3 is 2.74 bits per heavy atom. The van der Waals surface area contributed by atoms with Crippen LogP contribution in [-0.2, 0) is 4.79 Å². The van der Waals surface area contributed by atoms with Gasteiger partial charge in [-0.3, -0.25) is 4.79 Å². The number of nitrogens with zero attached hydrogens (tertiary/aromatic N) is 2. The average Bonchev–Trinajstić information content (AvgIpc) is 3.07. The molecule has 2 heterocycles. The summed E-state index contributed by atoms with van der Waals surface area (Å²) in [7, 11) is 0. The van der Waals surface area contributed by atoms with Gasteiger partial charge in [0.15, 0.2) is 0 Å². The molecule has 0 saturated carbocycles. The van der Waals surface area contributed by atoms with Gasteiger partial charge in [-0.2, -0.15) is 5.10 Å². The third kappa shape index (κ3) is 4.01. The largest absolute Gasteiger partial charge is 0.326 e. The van der Waals surface area contributed by atoms with Crippen molar-refractivity contribution in [1.29, 1.82) is 0 Å². The normalized spacial score (nSPS) is 15.1. The van der Waals surface area contributed by atoms with E-state index in [2.05, 4.69) is 10.6 Å². The van der Waals surface area contributed by atoms with E-state index in [1.54, 1.807) is 11.8 Å². The summed E-state index contributed by atoms with van der Waals surface area (Å²) in [6.07, 6.45) is 4.77. The third-order valence-corrected chi connectivity index (χ3v) is 5.75. The van der Waals surface area contributed by atoms with Gasteiger partial charge in [0.25, 0.3) is 0 Å². The van der Waals surface area contributed by atoms with Crippen LogP contribution in [0.3, 0.4) is 0 Å². The van der Waals surface area contributed by atoms with Crippen molar-refractivity contribution in [3.05, 3.63) is 48.5 Å². The molecule has 0 bridgehead atoms. The van der Waals surface area contributed by atoms with E-state index in [1.165, 1.54) is 0 Å². The third-order valence-electron chi connectivity index (χ3n) is 5.06. The summed E-state index contributed by atoms with van der Waals surface area (Å²) >= 11 is 1.63. The summed E-state index contributed by atoms with van der Waals surface area (Å²) in [6, 6.07) is 16.1. The van der Waals surface area contributed by atoms with Gasteiger partial charge < -0.3 is 10.6 Å². The first-order valence-corrected chi connectivity index (χ1v) is 10.6. The Labute approximate surface area is 163 Å². The first kappa shape index (κ1) is 18.1. The van der Waals surface area contributed by atoms with Crippen LogP contribution in [0.2, 0.25) is 0 Å². The Morgan fingerprint density at radius 1 is 1.22 bits per heavy atom. The van der Waals surface area contributed by atoms with E-state index in [0.29, 0.717) is 12.3 Å². The van der Waals surface area contributed by atoms with Gasteiger partial charge in [-0.15, -0.1) is 11.8 Å². The Hall–Kier alpha value is -2.31. The van der Waals surface area contributed by atoms with E-state index < -0.39 is 0 Å². The van der Waals surface area contributed by atoms with Gasteiger partial charge in [0, 0.05) is 17.5 Å². The van der Waals surface area contributed by atoms with Crippen LogP contribution < -0.4 is 10.6 Å². The molecule has 5 nitrogen and oxygen atoms in total. The highest BCUT2D eigenvalue weighted by atomic mass is 32.2. The molecule has 0 unspecified atom stereocenters. The highest BCUT2D eigenvalue weighted by Crippen LogP contribution is 2.30. The number of anilines is 1. The molecule has 2 aromatic carbocycles. The number of carbonyl (C=O) groups excluding carboxylic acids is 1. The minimum atomic E-state index is 0.0946. The zero-order valence-electron chi connectivity index (χ0n) is 15.4. The molecule has 6 heteroatoms. The molecule has 1 aliphatic heterocycles. The number of nitrogens with one attached hydrogen (secondary N) is 2. The fourth-order valence-corrected chi connectivity index (χ4v) is 4.20. The van der Waals surface area contributed by atoms with E-state index in [-0.39, 0.29) is 5.91 Å². The molecule has 140 valence electrons. The number of piperidine rings is 1. The van der Waals surface area contributed by atoms with E-state index >= 15 is 0 Å². The summed E-state index contributed by atoms with van der Waals surface area (Å²) in [4.78, 5) is 12.5. The minimum absolute atomic E-state index is 0.0946. The number of benzene rings is 2. The fraction of sp³-hybridized carbons (Fsp3) is 0.333. The molecule has 0 spiro atoms. The average molecular weight is 381 g/mol. The summed E-state index contributed by atoms with van der Waals surface area (Å²) < 4.78 is 1.95. The number of rotatable bonds is 5. The SMILES string of the molecule is CSc1nn(-c2ccccc2)c2cc(NC(=O)CC3CCNCC3)ccc12. The predicted octanol–water partition coefficient (Wildman–Crippen LogP) is 4.08. The van der Waals surface area contributed by atoms with Crippen molar-refractivity contribution in [1.82, 2.24) is 15.1 Å². The molecule has 1 aliphatic rings. The zero-order valence-corrected chi connectivity index (χ0v) is 16.3. The lowest BCUT2D eigenvalue weighted by atomic mass is 9.94. The Kier molecular flexibility index (Phi) is 5.45. The maximum Gasteiger partial charge on any atom is 0.224 e. The van der Waals surface area contributed by atoms with Crippen LogP contribution in [-0.4, -0.2) is 35.0 Å². The van der Waals surface area contributed by atoms with Gasteiger partial charge in [0.05, 0.1) is 11.2 Å². The molecule has 1 amide bonds. The van der Waals surface area contributed by atoms with E-state index in [4.69, 9.17) is 5.10 Å².